The second kappa shape index (κ2) is 9.80. The summed E-state index contributed by atoms with van der Waals surface area (Å²) >= 11 is 1.50. The van der Waals surface area contributed by atoms with Crippen LogP contribution in [0.15, 0.2) is 35.4 Å². The van der Waals surface area contributed by atoms with Crippen LogP contribution in [0.25, 0.3) is 10.9 Å². The molecule has 0 spiro atoms. The highest BCUT2D eigenvalue weighted by atomic mass is 32.2. The fraction of sp³-hybridized carbons (Fsp3) is 0.500. The summed E-state index contributed by atoms with van der Waals surface area (Å²) in [7, 11) is 1.61. The lowest BCUT2D eigenvalue weighted by atomic mass is 10.1. The van der Waals surface area contributed by atoms with Crippen LogP contribution in [-0.4, -0.2) is 60.4 Å². The summed E-state index contributed by atoms with van der Waals surface area (Å²) in [6, 6.07) is 8.04. The lowest BCUT2D eigenvalue weighted by molar-refractivity contribution is -0.132. The number of rotatable bonds is 8. The van der Waals surface area contributed by atoms with E-state index in [1.54, 1.807) is 7.11 Å². The summed E-state index contributed by atoms with van der Waals surface area (Å²) in [6.07, 6.45) is 5.40. The molecule has 1 saturated heterocycles. The van der Waals surface area contributed by atoms with Gasteiger partial charge in [-0.1, -0.05) is 18.2 Å². The highest BCUT2D eigenvalue weighted by molar-refractivity contribution is 8.00. The van der Waals surface area contributed by atoms with Gasteiger partial charge in [0.25, 0.3) is 0 Å². The van der Waals surface area contributed by atoms with Gasteiger partial charge in [0.15, 0.2) is 0 Å². The number of nitrogens with zero attached hydrogens (tertiary/aromatic N) is 2. The van der Waals surface area contributed by atoms with E-state index in [-0.39, 0.29) is 11.8 Å². The van der Waals surface area contributed by atoms with Gasteiger partial charge in [-0.15, -0.1) is 11.8 Å². The number of benzene rings is 1. The quantitative estimate of drug-likeness (QED) is 0.557. The first-order valence-electron chi connectivity index (χ1n) is 9.43. The van der Waals surface area contributed by atoms with Crippen LogP contribution in [-0.2, 0) is 20.9 Å². The normalized spacial score (nSPS) is 14.5. The van der Waals surface area contributed by atoms with Crippen LogP contribution in [0.5, 0.6) is 0 Å². The molecule has 1 fully saturated rings. The van der Waals surface area contributed by atoms with Crippen molar-refractivity contribution >= 4 is 34.5 Å². The molecule has 146 valence electrons. The van der Waals surface area contributed by atoms with E-state index in [0.717, 1.165) is 41.7 Å². The number of carbonyl (C=O) groups excluding carboxylic acids is 2. The number of thioether (sulfide) groups is 1. The Kier molecular flexibility index (Phi) is 7.18. The zero-order valence-electron chi connectivity index (χ0n) is 15.8. The number of nitrogens with one attached hydrogen (secondary N) is 1. The number of para-hydroxylation sites is 1. The summed E-state index contributed by atoms with van der Waals surface area (Å²) in [4.78, 5) is 27.6. The predicted molar refractivity (Wildman–Crippen MR) is 108 cm³/mol. The number of ether oxygens (including phenoxy) is 1. The van der Waals surface area contributed by atoms with Gasteiger partial charge in [0.1, 0.15) is 6.54 Å². The summed E-state index contributed by atoms with van der Waals surface area (Å²) in [5, 5.41) is 3.91. The van der Waals surface area contributed by atoms with Gasteiger partial charge in [-0.25, -0.2) is 0 Å². The Labute approximate surface area is 164 Å². The molecule has 0 unspecified atom stereocenters. The third-order valence-corrected chi connectivity index (χ3v) is 5.80. The monoisotopic (exact) mass is 389 g/mol. The van der Waals surface area contributed by atoms with E-state index >= 15 is 0 Å². The van der Waals surface area contributed by atoms with E-state index in [1.165, 1.54) is 18.2 Å². The first-order valence-corrected chi connectivity index (χ1v) is 10.4. The third kappa shape index (κ3) is 5.26. The van der Waals surface area contributed by atoms with Gasteiger partial charge < -0.3 is 19.5 Å². The standard InChI is InChI=1S/C20H27N3O3S/c1-26-12-9-21-19(24)15-27-18-13-23(17-8-4-3-7-16(17)18)14-20(25)22-10-5-2-6-11-22/h3-4,7-8,13H,2,5-6,9-12,14-15H2,1H3,(H,21,24). The molecule has 27 heavy (non-hydrogen) atoms. The maximum Gasteiger partial charge on any atom is 0.242 e. The molecule has 1 N–H and O–H groups in total. The van der Waals surface area contributed by atoms with Crippen LogP contribution in [0.3, 0.4) is 0 Å². The molecule has 0 radical (unpaired) electrons. The number of hydrogen-bond donors (Lipinski definition) is 1. The molecule has 1 aromatic carbocycles. The molecular formula is C20H27N3O3S. The fourth-order valence-corrected chi connectivity index (χ4v) is 4.25. The van der Waals surface area contributed by atoms with Crippen LogP contribution < -0.4 is 5.32 Å². The van der Waals surface area contributed by atoms with Gasteiger partial charge in [0, 0.05) is 48.7 Å². The minimum absolute atomic E-state index is 0.0155. The van der Waals surface area contributed by atoms with Gasteiger partial charge in [-0.05, 0) is 25.3 Å². The minimum Gasteiger partial charge on any atom is -0.383 e. The fourth-order valence-electron chi connectivity index (χ4n) is 3.33. The van der Waals surface area contributed by atoms with Crippen molar-refractivity contribution in [3.05, 3.63) is 30.5 Å². The van der Waals surface area contributed by atoms with Gasteiger partial charge >= 0.3 is 0 Å². The molecule has 3 rings (SSSR count). The van der Waals surface area contributed by atoms with E-state index in [9.17, 15) is 9.59 Å². The van der Waals surface area contributed by atoms with Gasteiger partial charge in [0.05, 0.1) is 12.4 Å². The van der Waals surface area contributed by atoms with Crippen LogP contribution in [0.2, 0.25) is 0 Å². The molecule has 2 aromatic rings. The van der Waals surface area contributed by atoms with Crippen LogP contribution in [0, 0.1) is 0 Å². The van der Waals surface area contributed by atoms with Crippen molar-refractivity contribution in [2.75, 3.05) is 39.1 Å². The van der Waals surface area contributed by atoms with Crippen LogP contribution >= 0.6 is 11.8 Å². The summed E-state index contributed by atoms with van der Waals surface area (Å²) in [6.45, 7) is 3.10. The number of fused-ring (bicyclic) bond motifs is 1. The third-order valence-electron chi connectivity index (χ3n) is 4.75. The average Bonchev–Trinajstić information content (AvgIpc) is 3.05. The molecule has 2 amide bonds. The highest BCUT2D eigenvalue weighted by Crippen LogP contribution is 2.30. The molecule has 0 atom stereocenters. The van der Waals surface area contributed by atoms with Crippen molar-refractivity contribution in [3.63, 3.8) is 0 Å². The molecule has 0 bridgehead atoms. The second-order valence-electron chi connectivity index (χ2n) is 6.71. The van der Waals surface area contributed by atoms with Crippen molar-refractivity contribution in [1.82, 2.24) is 14.8 Å². The van der Waals surface area contributed by atoms with Crippen LogP contribution in [0.4, 0.5) is 0 Å². The maximum absolute atomic E-state index is 12.7. The smallest absolute Gasteiger partial charge is 0.242 e. The Morgan fingerprint density at radius 2 is 1.96 bits per heavy atom. The number of piperidine rings is 1. The largest absolute Gasteiger partial charge is 0.383 e. The zero-order valence-corrected chi connectivity index (χ0v) is 16.6. The lowest BCUT2D eigenvalue weighted by Crippen LogP contribution is -2.37. The van der Waals surface area contributed by atoms with Gasteiger partial charge in [0.2, 0.25) is 11.8 Å². The van der Waals surface area contributed by atoms with E-state index in [4.69, 9.17) is 4.74 Å². The number of likely N-dealkylation sites (tertiary alicyclic amines) is 1. The SMILES string of the molecule is COCCNC(=O)CSc1cn(CC(=O)N2CCCCC2)c2ccccc12. The first-order chi connectivity index (χ1) is 13.2. The Hall–Kier alpha value is -1.99. The molecule has 7 heteroatoms. The molecule has 0 aliphatic carbocycles. The Morgan fingerprint density at radius 1 is 1.19 bits per heavy atom. The van der Waals surface area contributed by atoms with Crippen molar-refractivity contribution in [1.29, 1.82) is 0 Å². The molecule has 1 aromatic heterocycles. The molecule has 1 aliphatic heterocycles. The predicted octanol–water partition coefficient (Wildman–Crippen LogP) is 2.51. The van der Waals surface area contributed by atoms with Crippen molar-refractivity contribution in [2.45, 2.75) is 30.7 Å². The number of methoxy groups -OCH3 is 1. The summed E-state index contributed by atoms with van der Waals surface area (Å²) in [5.74, 6) is 0.500. The van der Waals surface area contributed by atoms with Crippen molar-refractivity contribution in [2.24, 2.45) is 0 Å². The highest BCUT2D eigenvalue weighted by Gasteiger charge is 2.18. The Balaban J connectivity index is 1.67. The van der Waals surface area contributed by atoms with Gasteiger partial charge in [-0.3, -0.25) is 9.59 Å². The topological polar surface area (TPSA) is 63.6 Å². The number of hydrogen-bond acceptors (Lipinski definition) is 4. The molecule has 6 nitrogen and oxygen atoms in total. The first kappa shape index (κ1) is 19.8. The number of aromatic nitrogens is 1. The summed E-state index contributed by atoms with van der Waals surface area (Å²) in [5.41, 5.74) is 1.03. The molecule has 0 saturated carbocycles. The molecular weight excluding hydrogens is 362 g/mol. The Bertz CT molecular complexity index is 784. The number of carbonyl (C=O) groups is 2. The minimum atomic E-state index is -0.0155. The lowest BCUT2D eigenvalue weighted by Gasteiger charge is -2.27. The Morgan fingerprint density at radius 3 is 2.74 bits per heavy atom. The molecule has 2 heterocycles. The van der Waals surface area contributed by atoms with E-state index < -0.39 is 0 Å². The zero-order chi connectivity index (χ0) is 19.1. The van der Waals surface area contributed by atoms with Gasteiger partial charge in [-0.2, -0.15) is 0 Å². The van der Waals surface area contributed by atoms with Crippen molar-refractivity contribution < 1.29 is 14.3 Å². The van der Waals surface area contributed by atoms with E-state index in [1.807, 2.05) is 39.9 Å². The maximum atomic E-state index is 12.7. The van der Waals surface area contributed by atoms with Crippen LogP contribution in [0.1, 0.15) is 19.3 Å². The second-order valence-corrected chi connectivity index (χ2v) is 7.73. The average molecular weight is 390 g/mol. The van der Waals surface area contributed by atoms with E-state index in [0.29, 0.717) is 25.4 Å². The summed E-state index contributed by atoms with van der Waals surface area (Å²) < 4.78 is 6.95. The number of amides is 2. The van der Waals surface area contributed by atoms with Crippen molar-refractivity contribution in [3.8, 4) is 0 Å². The van der Waals surface area contributed by atoms with E-state index in [2.05, 4.69) is 5.32 Å². The molecule has 1 aliphatic rings.